The Balaban J connectivity index is 2.93. The van der Waals surface area contributed by atoms with Crippen LogP contribution in [-0.2, 0) is 6.18 Å². The number of nitrogens with one attached hydrogen (secondary N) is 1. The minimum Gasteiger partial charge on any atom is -0.358 e. The molecule has 0 saturated carbocycles. The molecule has 1 N–H and O–H groups in total. The molecule has 0 aliphatic heterocycles. The number of benzene rings is 1. The van der Waals surface area contributed by atoms with E-state index in [1.54, 1.807) is 6.92 Å². The van der Waals surface area contributed by atoms with Crippen LogP contribution in [0.2, 0.25) is 0 Å². The van der Waals surface area contributed by atoms with E-state index in [1.807, 2.05) is 0 Å². The Morgan fingerprint density at radius 2 is 1.94 bits per heavy atom. The van der Waals surface area contributed by atoms with Gasteiger partial charge in [0, 0.05) is 17.1 Å². The van der Waals surface area contributed by atoms with Crippen LogP contribution in [0.1, 0.15) is 11.3 Å². The summed E-state index contributed by atoms with van der Waals surface area (Å²) in [5, 5.41) is 0.0559. The van der Waals surface area contributed by atoms with Crippen molar-refractivity contribution in [2.75, 3.05) is 0 Å². The van der Waals surface area contributed by atoms with Gasteiger partial charge in [-0.1, -0.05) is 6.07 Å². The number of pyridine rings is 1. The Bertz CT molecular complexity index is 598. The maximum atomic E-state index is 12.7. The van der Waals surface area contributed by atoms with Gasteiger partial charge in [0.2, 0.25) is 0 Å². The van der Waals surface area contributed by atoms with Gasteiger partial charge in [0.25, 0.3) is 0 Å². The van der Waals surface area contributed by atoms with Crippen molar-refractivity contribution in [3.05, 3.63) is 45.7 Å². The van der Waals surface area contributed by atoms with Crippen molar-refractivity contribution in [2.45, 2.75) is 13.1 Å². The summed E-state index contributed by atoms with van der Waals surface area (Å²) in [7, 11) is 0. The topological polar surface area (TPSA) is 32.9 Å². The molecule has 2 rings (SSSR count). The minimum absolute atomic E-state index is 0.0559. The molecule has 5 heteroatoms. The molecule has 1 aromatic heterocycles. The number of H-pyrrole nitrogens is 1. The number of alkyl halides is 3. The lowest BCUT2D eigenvalue weighted by Gasteiger charge is -2.10. The van der Waals surface area contributed by atoms with Crippen LogP contribution in [0.25, 0.3) is 10.9 Å². The number of halogens is 3. The molecule has 0 bridgehead atoms. The highest BCUT2D eigenvalue weighted by Gasteiger charge is 2.33. The largest absolute Gasteiger partial charge is 0.418 e. The number of aromatic nitrogens is 1. The lowest BCUT2D eigenvalue weighted by molar-refractivity contribution is -0.136. The quantitative estimate of drug-likeness (QED) is 0.737. The van der Waals surface area contributed by atoms with Gasteiger partial charge in [-0.3, -0.25) is 4.79 Å². The highest BCUT2D eigenvalue weighted by Crippen LogP contribution is 2.32. The van der Waals surface area contributed by atoms with Gasteiger partial charge < -0.3 is 4.98 Å². The monoisotopic (exact) mass is 227 g/mol. The Labute approximate surface area is 88.7 Å². The van der Waals surface area contributed by atoms with E-state index in [-0.39, 0.29) is 10.9 Å². The summed E-state index contributed by atoms with van der Waals surface area (Å²) in [6, 6.07) is 4.85. The molecule has 0 atom stereocenters. The van der Waals surface area contributed by atoms with Crippen molar-refractivity contribution < 1.29 is 13.2 Å². The zero-order valence-corrected chi connectivity index (χ0v) is 8.35. The Morgan fingerprint density at radius 3 is 2.56 bits per heavy atom. The van der Waals surface area contributed by atoms with E-state index >= 15 is 0 Å². The molecule has 0 amide bonds. The van der Waals surface area contributed by atoms with Crippen LogP contribution in [0, 0.1) is 6.92 Å². The fourth-order valence-corrected chi connectivity index (χ4v) is 1.64. The average molecular weight is 227 g/mol. The third kappa shape index (κ3) is 1.68. The maximum Gasteiger partial charge on any atom is 0.418 e. The smallest absolute Gasteiger partial charge is 0.358 e. The molecule has 16 heavy (non-hydrogen) atoms. The molecule has 2 nitrogen and oxygen atoms in total. The molecule has 1 heterocycles. The van der Waals surface area contributed by atoms with E-state index < -0.39 is 17.2 Å². The normalized spacial score (nSPS) is 12.0. The van der Waals surface area contributed by atoms with Gasteiger partial charge in [0.05, 0.1) is 11.1 Å². The van der Waals surface area contributed by atoms with Crippen LogP contribution < -0.4 is 5.43 Å². The average Bonchev–Trinajstić information content (AvgIpc) is 2.15. The van der Waals surface area contributed by atoms with E-state index in [0.29, 0.717) is 5.69 Å². The van der Waals surface area contributed by atoms with Crippen molar-refractivity contribution >= 4 is 10.9 Å². The highest BCUT2D eigenvalue weighted by molar-refractivity contribution is 5.82. The van der Waals surface area contributed by atoms with Gasteiger partial charge >= 0.3 is 6.18 Å². The van der Waals surface area contributed by atoms with Gasteiger partial charge in [-0.2, -0.15) is 13.2 Å². The first kappa shape index (κ1) is 10.7. The van der Waals surface area contributed by atoms with Gasteiger partial charge in [0.1, 0.15) is 0 Å². The second kappa shape index (κ2) is 3.37. The van der Waals surface area contributed by atoms with Crippen molar-refractivity contribution in [3.8, 4) is 0 Å². The molecule has 0 saturated heterocycles. The number of rotatable bonds is 0. The van der Waals surface area contributed by atoms with Crippen LogP contribution in [0.4, 0.5) is 13.2 Å². The summed E-state index contributed by atoms with van der Waals surface area (Å²) in [6.07, 6.45) is -4.46. The molecule has 2 aromatic rings. The summed E-state index contributed by atoms with van der Waals surface area (Å²) in [4.78, 5) is 14.1. The Hall–Kier alpha value is -1.78. The predicted octanol–water partition coefficient (Wildman–Crippen LogP) is 2.86. The van der Waals surface area contributed by atoms with E-state index in [2.05, 4.69) is 4.98 Å². The summed E-state index contributed by atoms with van der Waals surface area (Å²) in [5.41, 5.74) is -0.961. The standard InChI is InChI=1S/C11H8F3NO/c1-6-5-9(16)7-3-2-4-8(10(7)15-6)11(12,13)14/h2-5H,1H3,(H,15,16). The zero-order valence-electron chi connectivity index (χ0n) is 8.35. The maximum absolute atomic E-state index is 12.7. The third-order valence-electron chi connectivity index (χ3n) is 2.31. The second-order valence-electron chi connectivity index (χ2n) is 3.54. The van der Waals surface area contributed by atoms with Crippen LogP contribution in [0.15, 0.2) is 29.1 Å². The molecule has 0 aliphatic rings. The predicted molar refractivity (Wildman–Crippen MR) is 54.3 cm³/mol. The first-order valence-corrected chi connectivity index (χ1v) is 4.59. The first-order valence-electron chi connectivity index (χ1n) is 4.59. The van der Waals surface area contributed by atoms with Crippen molar-refractivity contribution in [2.24, 2.45) is 0 Å². The van der Waals surface area contributed by atoms with E-state index in [1.165, 1.54) is 18.2 Å². The Kier molecular flexibility index (Phi) is 2.26. The van der Waals surface area contributed by atoms with Crippen molar-refractivity contribution in [1.29, 1.82) is 0 Å². The molecule has 1 aromatic carbocycles. The van der Waals surface area contributed by atoms with E-state index in [9.17, 15) is 18.0 Å². The second-order valence-corrected chi connectivity index (χ2v) is 3.54. The summed E-state index contributed by atoms with van der Waals surface area (Å²) >= 11 is 0. The van der Waals surface area contributed by atoms with Crippen molar-refractivity contribution in [1.82, 2.24) is 4.98 Å². The number of aryl methyl sites for hydroxylation is 1. The molecule has 0 fully saturated rings. The van der Waals surface area contributed by atoms with Crippen molar-refractivity contribution in [3.63, 3.8) is 0 Å². The number of fused-ring (bicyclic) bond motifs is 1. The SMILES string of the molecule is Cc1cc(=O)c2cccc(C(F)(F)F)c2[nH]1. The minimum atomic E-state index is -4.46. The fraction of sp³-hybridized carbons (Fsp3) is 0.182. The summed E-state index contributed by atoms with van der Waals surface area (Å²) in [5.74, 6) is 0. The van der Waals surface area contributed by atoms with Crippen LogP contribution in [-0.4, -0.2) is 4.98 Å². The van der Waals surface area contributed by atoms with E-state index in [0.717, 1.165) is 6.07 Å². The number of aromatic amines is 1. The molecular formula is C11H8F3NO. The molecule has 0 unspecified atom stereocenters. The fourth-order valence-electron chi connectivity index (χ4n) is 1.64. The number of para-hydroxylation sites is 1. The van der Waals surface area contributed by atoms with E-state index in [4.69, 9.17) is 0 Å². The lowest BCUT2D eigenvalue weighted by atomic mass is 10.1. The molecule has 0 radical (unpaired) electrons. The van der Waals surface area contributed by atoms with Gasteiger partial charge in [-0.05, 0) is 19.1 Å². The molecule has 84 valence electrons. The van der Waals surface area contributed by atoms with Crippen LogP contribution >= 0.6 is 0 Å². The summed E-state index contributed by atoms with van der Waals surface area (Å²) < 4.78 is 38.0. The lowest BCUT2D eigenvalue weighted by Crippen LogP contribution is -2.10. The third-order valence-corrected chi connectivity index (χ3v) is 2.31. The molecule has 0 spiro atoms. The number of hydrogen-bond donors (Lipinski definition) is 1. The first-order chi connectivity index (χ1) is 7.39. The highest BCUT2D eigenvalue weighted by atomic mass is 19.4. The molecule has 0 aliphatic carbocycles. The zero-order chi connectivity index (χ0) is 11.9. The molecular weight excluding hydrogens is 219 g/mol. The Morgan fingerprint density at radius 1 is 1.25 bits per heavy atom. The van der Waals surface area contributed by atoms with Crippen LogP contribution in [0.5, 0.6) is 0 Å². The van der Waals surface area contributed by atoms with Gasteiger partial charge in [-0.15, -0.1) is 0 Å². The van der Waals surface area contributed by atoms with Gasteiger partial charge in [0.15, 0.2) is 5.43 Å². The van der Waals surface area contributed by atoms with Crippen LogP contribution in [0.3, 0.4) is 0 Å². The summed E-state index contributed by atoms with van der Waals surface area (Å²) in [6.45, 7) is 1.55. The number of hydrogen-bond acceptors (Lipinski definition) is 1. The van der Waals surface area contributed by atoms with Gasteiger partial charge in [-0.25, -0.2) is 0 Å².